The molecule has 1 N–H and O–H groups in total. The van der Waals surface area contributed by atoms with Crippen LogP contribution in [0.25, 0.3) is 5.69 Å². The van der Waals surface area contributed by atoms with Gasteiger partial charge in [-0.25, -0.2) is 18.9 Å². The highest BCUT2D eigenvalue weighted by Gasteiger charge is 2.34. The van der Waals surface area contributed by atoms with Gasteiger partial charge in [-0.15, -0.1) is 0 Å². The van der Waals surface area contributed by atoms with Gasteiger partial charge in [0.2, 0.25) is 11.8 Å². The van der Waals surface area contributed by atoms with Crippen molar-refractivity contribution in [3.05, 3.63) is 85.4 Å². The lowest BCUT2D eigenvalue weighted by atomic mass is 9.92. The third-order valence-electron chi connectivity index (χ3n) is 6.54. The van der Waals surface area contributed by atoms with Crippen LogP contribution in [0.15, 0.2) is 41.5 Å². The maximum Gasteiger partial charge on any atom is 0.359 e. The molecular weight excluding hydrogens is 600 g/mol. The molecule has 3 heterocycles. The molecule has 0 fully saturated rings. The van der Waals surface area contributed by atoms with Crippen molar-refractivity contribution < 1.29 is 18.7 Å². The molecule has 11 nitrogen and oxygen atoms in total. The Bertz CT molecular complexity index is 1700. The predicted octanol–water partition coefficient (Wildman–Crippen LogP) is 5.38. The van der Waals surface area contributed by atoms with Crippen molar-refractivity contribution in [3.8, 4) is 11.6 Å². The highest BCUT2D eigenvalue weighted by Crippen LogP contribution is 2.38. The van der Waals surface area contributed by atoms with Crippen LogP contribution in [0.4, 0.5) is 16.0 Å². The van der Waals surface area contributed by atoms with Crippen LogP contribution >= 0.6 is 23.2 Å². The monoisotopic (exact) mass is 631 g/mol. The van der Waals surface area contributed by atoms with E-state index in [4.69, 9.17) is 37.8 Å². The lowest BCUT2D eigenvalue weighted by Crippen LogP contribution is -2.21. The molecule has 14 heteroatoms. The molecular formula is C29H32Cl2FN7O4. The van der Waals surface area contributed by atoms with Gasteiger partial charge in [0.25, 0.3) is 5.56 Å². The molecule has 1 atom stereocenters. The molecule has 0 spiro atoms. The summed E-state index contributed by atoms with van der Waals surface area (Å²) in [6.45, 7) is 5.63. The van der Waals surface area contributed by atoms with Crippen molar-refractivity contribution in [3.63, 3.8) is 0 Å². The number of methoxy groups -OCH3 is 1. The SMILES string of the molecule is CCOC(=O)c1nn(-c2cnc(N(C)C)nc2OC)c(C(C)C)c1C(Nc1cc(Cl)c(=O)n(C)c1)c1ccc(Cl)c(F)c1. The van der Waals surface area contributed by atoms with Gasteiger partial charge in [0, 0.05) is 32.9 Å². The second-order valence-electron chi connectivity index (χ2n) is 10.1. The van der Waals surface area contributed by atoms with Crippen LogP contribution < -0.4 is 20.5 Å². The van der Waals surface area contributed by atoms with Crippen LogP contribution in [0.3, 0.4) is 0 Å². The summed E-state index contributed by atoms with van der Waals surface area (Å²) in [6.07, 6.45) is 3.10. The lowest BCUT2D eigenvalue weighted by molar-refractivity contribution is 0.0517. The van der Waals surface area contributed by atoms with Gasteiger partial charge in [0.15, 0.2) is 5.69 Å². The first-order chi connectivity index (χ1) is 20.4. The maximum absolute atomic E-state index is 14.9. The molecule has 1 aromatic carbocycles. The number of halogens is 3. The number of nitrogens with one attached hydrogen (secondary N) is 1. The lowest BCUT2D eigenvalue weighted by Gasteiger charge is -2.24. The summed E-state index contributed by atoms with van der Waals surface area (Å²) in [5.41, 5.74) is 1.79. The average Bonchev–Trinajstić information content (AvgIpc) is 3.36. The third kappa shape index (κ3) is 6.45. The summed E-state index contributed by atoms with van der Waals surface area (Å²) in [5.74, 6) is -0.962. The Morgan fingerprint density at radius 2 is 1.91 bits per heavy atom. The number of nitrogens with zero attached hydrogens (tertiary/aromatic N) is 6. The molecule has 0 amide bonds. The molecule has 0 saturated carbocycles. The Balaban J connectivity index is 2.08. The molecule has 0 bridgehead atoms. The summed E-state index contributed by atoms with van der Waals surface area (Å²) in [7, 11) is 6.63. The standard InChI is InChI=1S/C29H32Cl2FN7O4/c1-8-43-28(41)24-22(25(15(2)3)39(36-24)21-13-33-29(37(4)5)35-26(21)42-7)23(16-9-10-18(30)20(32)11-16)34-17-12-19(31)27(40)38(6)14-17/h9-15,23,34H,8H2,1-7H3. The topological polar surface area (TPSA) is 116 Å². The van der Waals surface area contributed by atoms with Crippen LogP contribution in [-0.4, -0.2) is 58.1 Å². The molecule has 3 aromatic heterocycles. The number of esters is 1. The second-order valence-corrected chi connectivity index (χ2v) is 11.0. The molecule has 43 heavy (non-hydrogen) atoms. The number of ether oxygens (including phenoxy) is 2. The van der Waals surface area contributed by atoms with E-state index < -0.39 is 23.4 Å². The summed E-state index contributed by atoms with van der Waals surface area (Å²) < 4.78 is 28.8. The third-order valence-corrected chi connectivity index (χ3v) is 7.11. The number of aromatic nitrogens is 5. The zero-order valence-electron chi connectivity index (χ0n) is 24.8. The van der Waals surface area contributed by atoms with Gasteiger partial charge in [-0.05, 0) is 36.6 Å². The van der Waals surface area contributed by atoms with Crippen molar-refractivity contribution in [2.24, 2.45) is 7.05 Å². The molecule has 1 unspecified atom stereocenters. The number of carbonyl (C=O) groups is 1. The summed E-state index contributed by atoms with van der Waals surface area (Å²) in [4.78, 5) is 36.5. The molecule has 0 aliphatic rings. The van der Waals surface area contributed by atoms with Gasteiger partial charge in [0.1, 0.15) is 16.5 Å². The number of hydrogen-bond acceptors (Lipinski definition) is 9. The fourth-order valence-corrected chi connectivity index (χ4v) is 4.98. The van der Waals surface area contributed by atoms with Crippen molar-refractivity contribution in [2.45, 2.75) is 32.7 Å². The second kappa shape index (κ2) is 13.0. The van der Waals surface area contributed by atoms with E-state index in [0.29, 0.717) is 34.1 Å². The number of rotatable bonds is 10. The smallest absolute Gasteiger partial charge is 0.359 e. The number of anilines is 2. The first-order valence-corrected chi connectivity index (χ1v) is 14.1. The van der Waals surface area contributed by atoms with E-state index in [2.05, 4.69) is 15.3 Å². The minimum atomic E-state index is -0.890. The summed E-state index contributed by atoms with van der Waals surface area (Å²) in [6, 6.07) is 4.91. The summed E-state index contributed by atoms with van der Waals surface area (Å²) >= 11 is 12.3. The Kier molecular flexibility index (Phi) is 9.61. The molecule has 4 rings (SSSR count). The first kappa shape index (κ1) is 31.8. The van der Waals surface area contributed by atoms with Crippen LogP contribution in [0.2, 0.25) is 10.0 Å². The number of carbonyl (C=O) groups excluding carboxylic acids is 1. The quantitative estimate of drug-likeness (QED) is 0.230. The number of aryl methyl sites for hydroxylation is 1. The Morgan fingerprint density at radius 1 is 1.19 bits per heavy atom. The van der Waals surface area contributed by atoms with E-state index in [9.17, 15) is 14.0 Å². The van der Waals surface area contributed by atoms with E-state index in [-0.39, 0.29) is 34.1 Å². The molecule has 0 aliphatic heterocycles. The van der Waals surface area contributed by atoms with Crippen LogP contribution in [0.1, 0.15) is 60.0 Å². The van der Waals surface area contributed by atoms with Crippen LogP contribution in [-0.2, 0) is 11.8 Å². The molecule has 4 aromatic rings. The number of hydrogen-bond donors (Lipinski definition) is 1. The number of benzene rings is 1. The van der Waals surface area contributed by atoms with E-state index in [1.165, 1.54) is 29.9 Å². The predicted molar refractivity (Wildman–Crippen MR) is 164 cm³/mol. The highest BCUT2D eigenvalue weighted by molar-refractivity contribution is 6.31. The van der Waals surface area contributed by atoms with Gasteiger partial charge >= 0.3 is 5.97 Å². The van der Waals surface area contributed by atoms with Gasteiger partial charge in [-0.2, -0.15) is 10.1 Å². The normalized spacial score (nSPS) is 11.9. The van der Waals surface area contributed by atoms with E-state index in [1.807, 2.05) is 13.8 Å². The van der Waals surface area contributed by atoms with Gasteiger partial charge in [-0.3, -0.25) is 4.79 Å². The zero-order chi connectivity index (χ0) is 31.6. The number of pyridine rings is 1. The molecule has 0 saturated heterocycles. The first-order valence-electron chi connectivity index (χ1n) is 13.3. The molecule has 0 aliphatic carbocycles. The van der Waals surface area contributed by atoms with Gasteiger partial charge in [0.05, 0.1) is 42.4 Å². The zero-order valence-corrected chi connectivity index (χ0v) is 26.3. The Morgan fingerprint density at radius 3 is 2.49 bits per heavy atom. The fraction of sp³-hybridized carbons (Fsp3) is 0.345. The minimum absolute atomic E-state index is 0.0203. The van der Waals surface area contributed by atoms with E-state index in [1.54, 1.807) is 56.1 Å². The largest absolute Gasteiger partial charge is 0.479 e. The summed E-state index contributed by atoms with van der Waals surface area (Å²) in [5, 5.41) is 7.95. The fourth-order valence-electron chi connectivity index (χ4n) is 4.61. The highest BCUT2D eigenvalue weighted by atomic mass is 35.5. The van der Waals surface area contributed by atoms with Crippen molar-refractivity contribution in [2.75, 3.05) is 38.0 Å². The van der Waals surface area contributed by atoms with Crippen LogP contribution in [0, 0.1) is 5.82 Å². The van der Waals surface area contributed by atoms with E-state index in [0.717, 1.165) is 0 Å². The van der Waals surface area contributed by atoms with Crippen molar-refractivity contribution in [1.82, 2.24) is 24.3 Å². The Hall–Kier alpha value is -4.16. The maximum atomic E-state index is 14.9. The Labute approximate surface area is 258 Å². The van der Waals surface area contributed by atoms with Gasteiger partial charge in [-0.1, -0.05) is 43.1 Å². The van der Waals surface area contributed by atoms with Crippen LogP contribution in [0.5, 0.6) is 5.88 Å². The van der Waals surface area contributed by atoms with Crippen molar-refractivity contribution >= 4 is 40.8 Å². The molecule has 228 valence electrons. The minimum Gasteiger partial charge on any atom is -0.479 e. The van der Waals surface area contributed by atoms with E-state index >= 15 is 0 Å². The molecule has 0 radical (unpaired) electrons. The van der Waals surface area contributed by atoms with Crippen molar-refractivity contribution in [1.29, 1.82) is 0 Å². The van der Waals surface area contributed by atoms with Gasteiger partial charge < -0.3 is 24.3 Å². The average molecular weight is 633 g/mol.